The molecule has 4 aromatic rings. The second kappa shape index (κ2) is 10.3. The number of hydrogen-bond acceptors (Lipinski definition) is 5. The Hall–Kier alpha value is -3.23. The van der Waals surface area contributed by atoms with Gasteiger partial charge in [0.1, 0.15) is 0 Å². The molecular formula is C29H32N2O4S2. The first-order chi connectivity index (χ1) is 17.4. The van der Waals surface area contributed by atoms with Gasteiger partial charge < -0.3 is 0 Å². The molecule has 0 saturated carbocycles. The van der Waals surface area contributed by atoms with Gasteiger partial charge in [0.05, 0.1) is 27.9 Å². The maximum Gasteiger partial charge on any atom is 0.237 e. The zero-order valence-corrected chi connectivity index (χ0v) is 23.3. The topological polar surface area (TPSA) is 84.4 Å². The average Bonchev–Trinajstić information content (AvgIpc) is 2.86. The fraction of sp³-hybridized carbons (Fsp3) is 0.276. The number of aromatic nitrogens is 1. The maximum atomic E-state index is 13.4. The maximum absolute atomic E-state index is 13.4. The first kappa shape index (κ1) is 26.8. The van der Waals surface area contributed by atoms with Crippen LogP contribution >= 0.6 is 0 Å². The first-order valence-electron chi connectivity index (χ1n) is 12.2. The van der Waals surface area contributed by atoms with Gasteiger partial charge in [0.15, 0.2) is 9.84 Å². The highest BCUT2D eigenvalue weighted by Crippen LogP contribution is 2.33. The molecule has 0 bridgehead atoms. The normalized spacial score (nSPS) is 12.4. The molecule has 4 rings (SSSR count). The van der Waals surface area contributed by atoms with Crippen LogP contribution in [0.15, 0.2) is 83.9 Å². The van der Waals surface area contributed by atoms with Crippen molar-refractivity contribution in [3.05, 3.63) is 90.1 Å². The Kier molecular flexibility index (Phi) is 7.44. The Balaban J connectivity index is 1.79. The van der Waals surface area contributed by atoms with Crippen LogP contribution in [0.3, 0.4) is 0 Å². The van der Waals surface area contributed by atoms with E-state index in [1.807, 2.05) is 30.3 Å². The third-order valence-electron chi connectivity index (χ3n) is 6.41. The number of benzene rings is 3. The van der Waals surface area contributed by atoms with E-state index >= 15 is 0 Å². The molecule has 0 spiro atoms. The summed E-state index contributed by atoms with van der Waals surface area (Å²) in [7, 11) is -7.09. The van der Waals surface area contributed by atoms with Gasteiger partial charge in [0.25, 0.3) is 0 Å². The number of rotatable bonds is 8. The lowest BCUT2D eigenvalue weighted by atomic mass is 9.93. The molecule has 1 heterocycles. The molecular weight excluding hydrogens is 504 g/mol. The lowest BCUT2D eigenvalue weighted by Gasteiger charge is -2.27. The average molecular weight is 537 g/mol. The Morgan fingerprint density at radius 3 is 2.16 bits per heavy atom. The summed E-state index contributed by atoms with van der Waals surface area (Å²) in [6.45, 7) is 7.70. The van der Waals surface area contributed by atoms with Crippen LogP contribution in [0.1, 0.15) is 44.7 Å². The van der Waals surface area contributed by atoms with Crippen LogP contribution in [0.25, 0.3) is 22.0 Å². The Morgan fingerprint density at radius 1 is 0.838 bits per heavy atom. The van der Waals surface area contributed by atoms with Crippen LogP contribution in [0.5, 0.6) is 0 Å². The number of sulfonamides is 1. The van der Waals surface area contributed by atoms with Gasteiger partial charge in [-0.15, -0.1) is 0 Å². The molecule has 0 fully saturated rings. The molecule has 0 aliphatic heterocycles. The third kappa shape index (κ3) is 5.70. The molecule has 0 radical (unpaired) electrons. The summed E-state index contributed by atoms with van der Waals surface area (Å²) < 4.78 is 51.9. The summed E-state index contributed by atoms with van der Waals surface area (Å²) in [5.74, 6) is 0.341. The van der Waals surface area contributed by atoms with Crippen molar-refractivity contribution in [2.75, 3.05) is 10.6 Å². The van der Waals surface area contributed by atoms with E-state index in [1.165, 1.54) is 22.0 Å². The minimum Gasteiger partial charge on any atom is -0.266 e. The van der Waals surface area contributed by atoms with Gasteiger partial charge >= 0.3 is 0 Å². The van der Waals surface area contributed by atoms with Crippen molar-refractivity contribution in [1.82, 2.24) is 4.98 Å². The number of sulfone groups is 1. The molecule has 0 atom stereocenters. The van der Waals surface area contributed by atoms with Crippen LogP contribution in [0.2, 0.25) is 0 Å². The smallest absolute Gasteiger partial charge is 0.237 e. The van der Waals surface area contributed by atoms with Crippen molar-refractivity contribution in [3.8, 4) is 11.1 Å². The molecule has 8 heteroatoms. The predicted octanol–water partition coefficient (Wildman–Crippen LogP) is 6.17. The summed E-state index contributed by atoms with van der Waals surface area (Å²) in [5.41, 5.74) is 5.29. The zero-order valence-electron chi connectivity index (χ0n) is 21.7. The van der Waals surface area contributed by atoms with Gasteiger partial charge in [0, 0.05) is 23.4 Å². The minimum absolute atomic E-state index is 0.113. The molecule has 0 unspecified atom stereocenters. The van der Waals surface area contributed by atoms with E-state index in [2.05, 4.69) is 37.0 Å². The number of nitrogens with zero attached hydrogens (tertiary/aromatic N) is 2. The highest BCUT2D eigenvalue weighted by Gasteiger charge is 2.27. The standard InChI is InChI=1S/C29H32N2O4S2/c1-20(2)25-17-24-10-7-15-30-29(24)28(18-25)23-9-6-8-22(16-23)19-31(37(34,35)21(3)4)26-11-13-27(14-12-26)36(5,32)33/h6-18,20-21H,19H2,1-5H3. The van der Waals surface area contributed by atoms with Crippen molar-refractivity contribution < 1.29 is 16.8 Å². The van der Waals surface area contributed by atoms with Gasteiger partial charge in [-0.3, -0.25) is 9.29 Å². The Morgan fingerprint density at radius 2 is 1.54 bits per heavy atom. The van der Waals surface area contributed by atoms with Gasteiger partial charge in [-0.05, 0) is 85.0 Å². The van der Waals surface area contributed by atoms with Crippen LogP contribution in [-0.4, -0.2) is 33.3 Å². The Labute approximate surface area is 220 Å². The predicted molar refractivity (Wildman–Crippen MR) is 151 cm³/mol. The molecule has 37 heavy (non-hydrogen) atoms. The first-order valence-corrected chi connectivity index (χ1v) is 15.6. The van der Waals surface area contributed by atoms with E-state index in [9.17, 15) is 16.8 Å². The lowest BCUT2D eigenvalue weighted by molar-refractivity contribution is 0.581. The minimum atomic E-state index is -3.70. The number of hydrogen-bond donors (Lipinski definition) is 0. The Bertz CT molecular complexity index is 1640. The number of pyridine rings is 1. The van der Waals surface area contributed by atoms with E-state index in [0.717, 1.165) is 33.8 Å². The molecule has 3 aromatic carbocycles. The van der Waals surface area contributed by atoms with Crippen molar-refractivity contribution in [1.29, 1.82) is 0 Å². The van der Waals surface area contributed by atoms with Crippen molar-refractivity contribution >= 4 is 36.5 Å². The quantitative estimate of drug-likeness (QED) is 0.269. The highest BCUT2D eigenvalue weighted by atomic mass is 32.2. The SMILES string of the molecule is CC(C)c1cc(-c2cccc(CN(c3ccc(S(C)(=O)=O)cc3)S(=O)(=O)C(C)C)c2)c2ncccc2c1. The second-order valence-corrected chi connectivity index (χ2v) is 14.3. The largest absolute Gasteiger partial charge is 0.266 e. The molecule has 0 aliphatic rings. The van der Waals surface area contributed by atoms with Crippen molar-refractivity contribution in [2.45, 2.75) is 50.3 Å². The van der Waals surface area contributed by atoms with Gasteiger partial charge in [-0.25, -0.2) is 16.8 Å². The summed E-state index contributed by atoms with van der Waals surface area (Å²) in [4.78, 5) is 4.77. The molecule has 6 nitrogen and oxygen atoms in total. The van der Waals surface area contributed by atoms with Gasteiger partial charge in [-0.1, -0.05) is 38.1 Å². The van der Waals surface area contributed by atoms with Crippen LogP contribution in [0, 0.1) is 0 Å². The van der Waals surface area contributed by atoms with Crippen LogP contribution in [0.4, 0.5) is 5.69 Å². The zero-order chi connectivity index (χ0) is 27.0. The van der Waals surface area contributed by atoms with Crippen LogP contribution in [-0.2, 0) is 26.4 Å². The number of fused-ring (bicyclic) bond motifs is 1. The summed E-state index contributed by atoms with van der Waals surface area (Å²) in [6.07, 6.45) is 2.91. The molecule has 194 valence electrons. The van der Waals surface area contributed by atoms with E-state index in [4.69, 9.17) is 0 Å². The second-order valence-electron chi connectivity index (χ2n) is 9.87. The highest BCUT2D eigenvalue weighted by molar-refractivity contribution is 7.93. The van der Waals surface area contributed by atoms with E-state index in [0.29, 0.717) is 11.6 Å². The fourth-order valence-electron chi connectivity index (χ4n) is 4.21. The van der Waals surface area contributed by atoms with Crippen LogP contribution < -0.4 is 4.31 Å². The fourth-order valence-corrected chi connectivity index (χ4v) is 6.10. The summed E-state index contributed by atoms with van der Waals surface area (Å²) >= 11 is 0. The summed E-state index contributed by atoms with van der Waals surface area (Å²) in [6, 6.07) is 22.1. The van der Waals surface area contributed by atoms with E-state index < -0.39 is 25.1 Å². The van der Waals surface area contributed by atoms with E-state index in [-0.39, 0.29) is 11.4 Å². The monoisotopic (exact) mass is 536 g/mol. The number of anilines is 1. The molecule has 0 saturated heterocycles. The third-order valence-corrected chi connectivity index (χ3v) is 9.69. The molecule has 0 amide bonds. The van der Waals surface area contributed by atoms with Crippen molar-refractivity contribution in [2.24, 2.45) is 0 Å². The van der Waals surface area contributed by atoms with Gasteiger partial charge in [0.2, 0.25) is 10.0 Å². The van der Waals surface area contributed by atoms with Gasteiger partial charge in [-0.2, -0.15) is 0 Å². The van der Waals surface area contributed by atoms with E-state index in [1.54, 1.807) is 32.2 Å². The summed E-state index contributed by atoms with van der Waals surface area (Å²) in [5, 5.41) is 0.408. The van der Waals surface area contributed by atoms with Crippen molar-refractivity contribution in [3.63, 3.8) is 0 Å². The molecule has 1 aromatic heterocycles. The molecule has 0 aliphatic carbocycles. The molecule has 0 N–H and O–H groups in total. The lowest BCUT2D eigenvalue weighted by Crippen LogP contribution is -2.36.